The fraction of sp³-hybridized carbons (Fsp3) is 0.438. The molecular weight excluding hydrogens is 286 g/mol. The topological polar surface area (TPSA) is 53.1 Å². The van der Waals surface area contributed by atoms with E-state index in [9.17, 15) is 0 Å². The van der Waals surface area contributed by atoms with E-state index in [4.69, 9.17) is 22.1 Å². The Kier molecular flexibility index (Phi) is 5.04. The maximum Gasteiger partial charge on any atom is 0.0834 e. The van der Waals surface area contributed by atoms with Crippen LogP contribution in [0.3, 0.4) is 0 Å². The van der Waals surface area contributed by atoms with Gasteiger partial charge in [0.1, 0.15) is 0 Å². The molecule has 0 amide bonds. The van der Waals surface area contributed by atoms with E-state index >= 15 is 0 Å². The maximum atomic E-state index is 6.54. The highest BCUT2D eigenvalue weighted by atomic mass is 35.5. The van der Waals surface area contributed by atoms with E-state index in [1.165, 1.54) is 5.56 Å². The molecule has 2 aromatic rings. The van der Waals surface area contributed by atoms with Crippen LogP contribution in [0.25, 0.3) is 0 Å². The summed E-state index contributed by atoms with van der Waals surface area (Å²) in [5.41, 5.74) is 8.31. The van der Waals surface area contributed by atoms with Crippen molar-refractivity contribution in [1.82, 2.24) is 9.78 Å². The average Bonchev–Trinajstić information content (AvgIpc) is 2.86. The molecule has 114 valence electrons. The Bertz CT molecular complexity index is 580. The number of hydrogen-bond acceptors (Lipinski definition) is 3. The number of aromatic nitrogens is 2. The summed E-state index contributed by atoms with van der Waals surface area (Å²) in [5.74, 6) is 0. The molecule has 0 aliphatic heterocycles. The van der Waals surface area contributed by atoms with Crippen molar-refractivity contribution in [2.45, 2.75) is 31.8 Å². The van der Waals surface area contributed by atoms with E-state index in [0.29, 0.717) is 18.2 Å². The molecule has 1 heterocycles. The minimum atomic E-state index is -0.258. The van der Waals surface area contributed by atoms with Gasteiger partial charge in [-0.05, 0) is 5.56 Å². The molecule has 0 spiro atoms. The van der Waals surface area contributed by atoms with Gasteiger partial charge < -0.3 is 10.5 Å². The number of nitrogens with two attached hydrogens (primary N) is 1. The first-order valence-electron chi connectivity index (χ1n) is 6.99. The lowest BCUT2D eigenvalue weighted by Gasteiger charge is -2.33. The van der Waals surface area contributed by atoms with Crippen molar-refractivity contribution in [1.29, 1.82) is 0 Å². The summed E-state index contributed by atoms with van der Waals surface area (Å²) in [6, 6.07) is 9.96. The van der Waals surface area contributed by atoms with Gasteiger partial charge in [0.2, 0.25) is 0 Å². The van der Waals surface area contributed by atoms with E-state index in [1.54, 1.807) is 13.3 Å². The molecule has 0 saturated carbocycles. The Morgan fingerprint density at radius 2 is 2.00 bits per heavy atom. The highest BCUT2D eigenvalue weighted by Gasteiger charge is 2.33. The first-order chi connectivity index (χ1) is 9.98. The van der Waals surface area contributed by atoms with Crippen LogP contribution in [0, 0.1) is 0 Å². The van der Waals surface area contributed by atoms with Gasteiger partial charge in [-0.25, -0.2) is 0 Å². The second-order valence-electron chi connectivity index (χ2n) is 5.66. The molecule has 0 fully saturated rings. The lowest BCUT2D eigenvalue weighted by Crippen LogP contribution is -2.35. The first kappa shape index (κ1) is 16.0. The first-order valence-corrected chi connectivity index (χ1v) is 7.37. The van der Waals surface area contributed by atoms with E-state index in [1.807, 2.05) is 22.9 Å². The number of benzene rings is 1. The zero-order chi connectivity index (χ0) is 15.5. The third-order valence-electron chi connectivity index (χ3n) is 3.93. The van der Waals surface area contributed by atoms with Gasteiger partial charge in [0, 0.05) is 12.5 Å². The summed E-state index contributed by atoms with van der Waals surface area (Å²) >= 11 is 6.31. The zero-order valence-electron chi connectivity index (χ0n) is 12.7. The number of halogens is 1. The van der Waals surface area contributed by atoms with Crippen LogP contribution < -0.4 is 5.73 Å². The Labute approximate surface area is 130 Å². The van der Waals surface area contributed by atoms with E-state index in [2.05, 4.69) is 31.1 Å². The van der Waals surface area contributed by atoms with Gasteiger partial charge in [0.25, 0.3) is 0 Å². The molecule has 2 rings (SSSR count). The Balaban J connectivity index is 2.35. The Morgan fingerprint density at radius 3 is 2.62 bits per heavy atom. The zero-order valence-corrected chi connectivity index (χ0v) is 13.5. The lowest BCUT2D eigenvalue weighted by atomic mass is 9.77. The van der Waals surface area contributed by atoms with Gasteiger partial charge >= 0.3 is 0 Å². The fourth-order valence-electron chi connectivity index (χ4n) is 2.43. The van der Waals surface area contributed by atoms with E-state index in [-0.39, 0.29) is 11.5 Å². The Hall–Kier alpha value is -1.36. The van der Waals surface area contributed by atoms with Crippen molar-refractivity contribution in [2.75, 3.05) is 13.7 Å². The molecule has 5 heteroatoms. The molecule has 1 atom stereocenters. The van der Waals surface area contributed by atoms with Gasteiger partial charge in [-0.2, -0.15) is 5.10 Å². The molecule has 1 unspecified atom stereocenters. The molecule has 0 aliphatic carbocycles. The van der Waals surface area contributed by atoms with Gasteiger partial charge in [-0.15, -0.1) is 0 Å². The molecular formula is C16H22ClN3O. The van der Waals surface area contributed by atoms with Crippen molar-refractivity contribution in [3.63, 3.8) is 0 Å². The number of rotatable bonds is 6. The molecule has 1 aromatic carbocycles. The highest BCUT2D eigenvalue weighted by Crippen LogP contribution is 2.37. The number of ether oxygens (including phenoxy) is 1. The minimum absolute atomic E-state index is 0.254. The average molecular weight is 308 g/mol. The van der Waals surface area contributed by atoms with Gasteiger partial charge in [-0.3, -0.25) is 4.68 Å². The summed E-state index contributed by atoms with van der Waals surface area (Å²) in [7, 11) is 1.67. The molecule has 0 aliphatic rings. The summed E-state index contributed by atoms with van der Waals surface area (Å²) < 4.78 is 6.95. The van der Waals surface area contributed by atoms with Crippen LogP contribution >= 0.6 is 11.6 Å². The smallest absolute Gasteiger partial charge is 0.0834 e. The molecule has 0 saturated heterocycles. The molecule has 0 bridgehead atoms. The van der Waals surface area contributed by atoms with Crippen LogP contribution in [-0.4, -0.2) is 23.5 Å². The Morgan fingerprint density at radius 1 is 1.33 bits per heavy atom. The predicted octanol–water partition coefficient (Wildman–Crippen LogP) is 3.16. The standard InChI is InChI=1S/C16H22ClN3O/c1-16(2,12-7-5-4-6-8-12)15(18)14-13(17)11-19-20(14)9-10-21-3/h4-8,11,15H,9-10,18H2,1-3H3. The largest absolute Gasteiger partial charge is 0.383 e. The second kappa shape index (κ2) is 6.60. The highest BCUT2D eigenvalue weighted by molar-refractivity contribution is 6.31. The quantitative estimate of drug-likeness (QED) is 0.892. The van der Waals surface area contributed by atoms with Crippen LogP contribution in [0.15, 0.2) is 36.5 Å². The van der Waals surface area contributed by atoms with Crippen LogP contribution in [0.5, 0.6) is 0 Å². The van der Waals surface area contributed by atoms with Crippen LogP contribution in [0.2, 0.25) is 5.02 Å². The predicted molar refractivity (Wildman–Crippen MR) is 85.5 cm³/mol. The number of methoxy groups -OCH3 is 1. The molecule has 1 aromatic heterocycles. The summed E-state index contributed by atoms with van der Waals surface area (Å²) in [5, 5.41) is 4.91. The van der Waals surface area contributed by atoms with Crippen molar-refractivity contribution in [2.24, 2.45) is 5.73 Å². The van der Waals surface area contributed by atoms with Crippen LogP contribution in [0.4, 0.5) is 0 Å². The van der Waals surface area contributed by atoms with Gasteiger partial charge in [0.05, 0.1) is 36.1 Å². The van der Waals surface area contributed by atoms with Crippen molar-refractivity contribution in [3.05, 3.63) is 52.8 Å². The number of nitrogens with zero attached hydrogens (tertiary/aromatic N) is 2. The number of hydrogen-bond donors (Lipinski definition) is 1. The molecule has 2 N–H and O–H groups in total. The normalized spacial score (nSPS) is 13.4. The van der Waals surface area contributed by atoms with Crippen molar-refractivity contribution >= 4 is 11.6 Å². The van der Waals surface area contributed by atoms with Crippen molar-refractivity contribution < 1.29 is 4.74 Å². The summed E-state index contributed by atoms with van der Waals surface area (Å²) in [6.45, 7) is 5.45. The summed E-state index contributed by atoms with van der Waals surface area (Å²) in [6.07, 6.45) is 1.65. The fourth-order valence-corrected chi connectivity index (χ4v) is 2.68. The second-order valence-corrected chi connectivity index (χ2v) is 6.07. The SMILES string of the molecule is COCCn1ncc(Cl)c1C(N)C(C)(C)c1ccccc1. The third kappa shape index (κ3) is 3.28. The van der Waals surface area contributed by atoms with Gasteiger partial charge in [0.15, 0.2) is 0 Å². The minimum Gasteiger partial charge on any atom is -0.383 e. The van der Waals surface area contributed by atoms with E-state index < -0.39 is 0 Å². The van der Waals surface area contributed by atoms with E-state index in [0.717, 1.165) is 5.69 Å². The monoisotopic (exact) mass is 307 g/mol. The molecule has 0 radical (unpaired) electrons. The van der Waals surface area contributed by atoms with Gasteiger partial charge in [-0.1, -0.05) is 55.8 Å². The van der Waals surface area contributed by atoms with Crippen LogP contribution in [-0.2, 0) is 16.7 Å². The van der Waals surface area contributed by atoms with Crippen molar-refractivity contribution in [3.8, 4) is 0 Å². The molecule has 4 nitrogen and oxygen atoms in total. The molecule has 21 heavy (non-hydrogen) atoms. The maximum absolute atomic E-state index is 6.54. The summed E-state index contributed by atoms with van der Waals surface area (Å²) in [4.78, 5) is 0. The third-order valence-corrected chi connectivity index (χ3v) is 4.22. The lowest BCUT2D eigenvalue weighted by molar-refractivity contribution is 0.181. The van der Waals surface area contributed by atoms with Crippen LogP contribution in [0.1, 0.15) is 31.1 Å².